The zero-order valence-corrected chi connectivity index (χ0v) is 13.0. The van der Waals surface area contributed by atoms with Crippen LogP contribution in [-0.2, 0) is 6.18 Å². The molecule has 1 heterocycles. The highest BCUT2D eigenvalue weighted by atomic mass is 32.1. The van der Waals surface area contributed by atoms with Gasteiger partial charge in [0.2, 0.25) is 0 Å². The number of anilines is 1. The molecule has 0 aliphatic carbocycles. The molecule has 0 bridgehead atoms. The summed E-state index contributed by atoms with van der Waals surface area (Å²) in [5, 5.41) is 5.25. The fourth-order valence-electron chi connectivity index (χ4n) is 2.16. The van der Waals surface area contributed by atoms with E-state index < -0.39 is 11.7 Å². The second kappa shape index (κ2) is 6.10. The maximum Gasteiger partial charge on any atom is 0.416 e. The van der Waals surface area contributed by atoms with E-state index in [-0.39, 0.29) is 12.0 Å². The highest BCUT2D eigenvalue weighted by Gasteiger charge is 2.31. The third-order valence-electron chi connectivity index (χ3n) is 3.39. The normalized spacial score (nSPS) is 13.5. The zero-order chi connectivity index (χ0) is 15.6. The van der Waals surface area contributed by atoms with Gasteiger partial charge < -0.3 is 5.32 Å². The summed E-state index contributed by atoms with van der Waals surface area (Å²) in [5.41, 5.74) is 0.728. The van der Waals surface area contributed by atoms with Gasteiger partial charge in [0, 0.05) is 10.6 Å². The number of aryl methyl sites for hydroxylation is 1. The smallest absolute Gasteiger partial charge is 0.377 e. The van der Waals surface area contributed by atoms with E-state index in [1.54, 1.807) is 11.3 Å². The first-order valence-corrected chi connectivity index (χ1v) is 7.65. The van der Waals surface area contributed by atoms with E-state index >= 15 is 0 Å². The molecule has 0 aliphatic rings. The summed E-state index contributed by atoms with van der Waals surface area (Å²) >= 11 is 1.61. The molecule has 0 saturated carbocycles. The molecule has 0 radical (unpaired) electrons. The van der Waals surface area contributed by atoms with Crippen LogP contribution in [-0.4, -0.2) is 0 Å². The molecule has 1 nitrogen and oxygen atoms in total. The molecule has 1 unspecified atom stereocenters. The van der Waals surface area contributed by atoms with Crippen molar-refractivity contribution in [3.63, 3.8) is 0 Å². The van der Waals surface area contributed by atoms with Crippen LogP contribution in [0.25, 0.3) is 0 Å². The Bertz CT molecular complexity index is 588. The Kier molecular flexibility index (Phi) is 4.61. The third-order valence-corrected chi connectivity index (χ3v) is 4.35. The molecule has 21 heavy (non-hydrogen) atoms. The first kappa shape index (κ1) is 15.9. The molecule has 114 valence electrons. The average Bonchev–Trinajstić information content (AvgIpc) is 2.89. The van der Waals surface area contributed by atoms with E-state index in [1.807, 2.05) is 24.4 Å². The molecule has 2 aromatic rings. The van der Waals surface area contributed by atoms with Crippen molar-refractivity contribution in [2.45, 2.75) is 33.0 Å². The van der Waals surface area contributed by atoms with E-state index in [2.05, 4.69) is 19.2 Å². The topological polar surface area (TPSA) is 12.0 Å². The van der Waals surface area contributed by atoms with Gasteiger partial charge in [-0.1, -0.05) is 26.0 Å². The fourth-order valence-corrected chi connectivity index (χ4v) is 3.11. The largest absolute Gasteiger partial charge is 0.416 e. The summed E-state index contributed by atoms with van der Waals surface area (Å²) in [5.74, 6) is 0.276. The van der Waals surface area contributed by atoms with Crippen molar-refractivity contribution in [3.8, 4) is 0 Å². The Morgan fingerprint density at radius 1 is 1.14 bits per heavy atom. The van der Waals surface area contributed by atoms with Crippen LogP contribution in [0.5, 0.6) is 0 Å². The van der Waals surface area contributed by atoms with Crippen LogP contribution >= 0.6 is 11.3 Å². The van der Waals surface area contributed by atoms with E-state index in [0.717, 1.165) is 16.5 Å². The van der Waals surface area contributed by atoms with Gasteiger partial charge in [-0.05, 0) is 42.0 Å². The Balaban J connectivity index is 2.33. The third kappa shape index (κ3) is 3.79. The molecular formula is C16H18F3NS. The summed E-state index contributed by atoms with van der Waals surface area (Å²) < 4.78 is 38.5. The Labute approximate surface area is 126 Å². The molecule has 0 fully saturated rings. The van der Waals surface area contributed by atoms with Gasteiger partial charge in [-0.15, -0.1) is 11.3 Å². The number of benzene rings is 1. The van der Waals surface area contributed by atoms with Crippen LogP contribution in [0.2, 0.25) is 0 Å². The van der Waals surface area contributed by atoms with Gasteiger partial charge in [0.1, 0.15) is 0 Å². The second-order valence-electron chi connectivity index (χ2n) is 5.41. The number of hydrogen-bond acceptors (Lipinski definition) is 2. The van der Waals surface area contributed by atoms with Gasteiger partial charge >= 0.3 is 6.18 Å². The predicted octanol–water partition coefficient (Wildman–Crippen LogP) is 5.88. The molecule has 0 saturated heterocycles. The fraction of sp³-hybridized carbons (Fsp3) is 0.375. The summed E-state index contributed by atoms with van der Waals surface area (Å²) in [4.78, 5) is 1.13. The SMILES string of the molecule is Cc1ccc(C(F)(F)F)cc1NC(c1cccs1)C(C)C. The van der Waals surface area contributed by atoms with Crippen LogP contribution in [0, 0.1) is 12.8 Å². The van der Waals surface area contributed by atoms with E-state index in [1.165, 1.54) is 12.1 Å². The number of hydrogen-bond donors (Lipinski definition) is 1. The number of thiophene rings is 1. The lowest BCUT2D eigenvalue weighted by Crippen LogP contribution is -2.17. The molecule has 1 aromatic carbocycles. The maximum atomic E-state index is 12.8. The van der Waals surface area contributed by atoms with Crippen LogP contribution in [0.15, 0.2) is 35.7 Å². The standard InChI is InChI=1S/C16H18F3NS/c1-10(2)15(14-5-4-8-21-14)20-13-9-12(16(17,18)19)7-6-11(13)3/h4-10,15,20H,1-3H3. The average molecular weight is 313 g/mol. The van der Waals surface area contributed by atoms with Crippen LogP contribution in [0.3, 0.4) is 0 Å². The van der Waals surface area contributed by atoms with Crippen molar-refractivity contribution in [1.82, 2.24) is 0 Å². The number of halogens is 3. The van der Waals surface area contributed by atoms with Crippen molar-refractivity contribution in [3.05, 3.63) is 51.7 Å². The van der Waals surface area contributed by atoms with Gasteiger partial charge in [0.15, 0.2) is 0 Å². The first-order chi connectivity index (χ1) is 9.79. The summed E-state index contributed by atoms with van der Waals surface area (Å²) in [6.45, 7) is 5.93. The maximum absolute atomic E-state index is 12.8. The minimum absolute atomic E-state index is 0.00665. The van der Waals surface area contributed by atoms with Gasteiger partial charge in [-0.25, -0.2) is 0 Å². The minimum Gasteiger partial charge on any atom is -0.377 e. The van der Waals surface area contributed by atoms with Crippen LogP contribution in [0.1, 0.15) is 35.9 Å². The lowest BCUT2D eigenvalue weighted by molar-refractivity contribution is -0.137. The summed E-state index contributed by atoms with van der Waals surface area (Å²) in [7, 11) is 0. The van der Waals surface area contributed by atoms with Gasteiger partial charge in [0.25, 0.3) is 0 Å². The Morgan fingerprint density at radius 2 is 1.86 bits per heavy atom. The van der Waals surface area contributed by atoms with Gasteiger partial charge in [0.05, 0.1) is 11.6 Å². The van der Waals surface area contributed by atoms with Crippen LogP contribution < -0.4 is 5.32 Å². The molecule has 0 amide bonds. The molecular weight excluding hydrogens is 295 g/mol. The van der Waals surface area contributed by atoms with Gasteiger partial charge in [-0.2, -0.15) is 13.2 Å². The predicted molar refractivity (Wildman–Crippen MR) is 81.7 cm³/mol. The lowest BCUT2D eigenvalue weighted by Gasteiger charge is -2.24. The second-order valence-corrected chi connectivity index (χ2v) is 6.39. The minimum atomic E-state index is -4.32. The van der Waals surface area contributed by atoms with Crippen molar-refractivity contribution in [1.29, 1.82) is 0 Å². The molecule has 0 aliphatic heterocycles. The molecule has 1 N–H and O–H groups in total. The quantitative estimate of drug-likeness (QED) is 0.742. The number of rotatable bonds is 4. The van der Waals surface area contributed by atoms with E-state index in [9.17, 15) is 13.2 Å². The van der Waals surface area contributed by atoms with Crippen molar-refractivity contribution < 1.29 is 13.2 Å². The Hall–Kier alpha value is -1.49. The summed E-state index contributed by atoms with van der Waals surface area (Å²) in [6, 6.07) is 7.79. The van der Waals surface area contributed by atoms with Crippen molar-refractivity contribution in [2.75, 3.05) is 5.32 Å². The first-order valence-electron chi connectivity index (χ1n) is 6.77. The highest BCUT2D eigenvalue weighted by Crippen LogP contribution is 2.35. The molecule has 1 atom stereocenters. The monoisotopic (exact) mass is 313 g/mol. The Morgan fingerprint density at radius 3 is 2.38 bits per heavy atom. The zero-order valence-electron chi connectivity index (χ0n) is 12.2. The summed E-state index contributed by atoms with van der Waals surface area (Å²) in [6.07, 6.45) is -4.32. The van der Waals surface area contributed by atoms with Crippen LogP contribution in [0.4, 0.5) is 18.9 Å². The number of alkyl halides is 3. The van der Waals surface area contributed by atoms with Gasteiger partial charge in [-0.3, -0.25) is 0 Å². The molecule has 2 rings (SSSR count). The molecule has 1 aromatic heterocycles. The molecule has 5 heteroatoms. The van der Waals surface area contributed by atoms with Crippen molar-refractivity contribution >= 4 is 17.0 Å². The van der Waals surface area contributed by atoms with Crippen molar-refractivity contribution in [2.24, 2.45) is 5.92 Å². The lowest BCUT2D eigenvalue weighted by atomic mass is 10.0. The highest BCUT2D eigenvalue weighted by molar-refractivity contribution is 7.10. The molecule has 0 spiro atoms. The van der Waals surface area contributed by atoms with E-state index in [4.69, 9.17) is 0 Å². The number of nitrogens with one attached hydrogen (secondary N) is 1. The van der Waals surface area contributed by atoms with E-state index in [0.29, 0.717) is 5.69 Å².